The number of rotatable bonds is 10. The van der Waals surface area contributed by atoms with Crippen molar-refractivity contribution < 1.29 is 18.0 Å². The van der Waals surface area contributed by atoms with Crippen LogP contribution in [0.2, 0.25) is 10.0 Å². The number of anilines is 1. The van der Waals surface area contributed by atoms with Crippen LogP contribution < -0.4 is 9.62 Å². The van der Waals surface area contributed by atoms with Crippen molar-refractivity contribution in [2.24, 2.45) is 0 Å². The lowest BCUT2D eigenvalue weighted by Crippen LogP contribution is -2.52. The van der Waals surface area contributed by atoms with Gasteiger partial charge in [0.2, 0.25) is 21.8 Å². The van der Waals surface area contributed by atoms with Crippen LogP contribution >= 0.6 is 23.2 Å². The minimum Gasteiger partial charge on any atom is -0.355 e. The highest BCUT2D eigenvalue weighted by atomic mass is 35.5. The molecule has 0 aliphatic carbocycles. The maximum atomic E-state index is 13.4. The molecule has 7 nitrogen and oxygen atoms in total. The number of nitrogens with zero attached hydrogens (tertiary/aromatic N) is 2. The predicted molar refractivity (Wildman–Crippen MR) is 128 cm³/mol. The van der Waals surface area contributed by atoms with Crippen molar-refractivity contribution in [3.63, 3.8) is 0 Å². The minimum atomic E-state index is -3.75. The molecule has 10 heteroatoms. The summed E-state index contributed by atoms with van der Waals surface area (Å²) in [6, 6.07) is 12.4. The smallest absolute Gasteiger partial charge is 0.244 e. The maximum Gasteiger partial charge on any atom is 0.244 e. The van der Waals surface area contributed by atoms with Gasteiger partial charge in [-0.05, 0) is 43.2 Å². The van der Waals surface area contributed by atoms with Crippen LogP contribution in [0.15, 0.2) is 48.5 Å². The number of amides is 2. The van der Waals surface area contributed by atoms with Gasteiger partial charge >= 0.3 is 0 Å². The molecule has 0 aromatic heterocycles. The molecule has 0 radical (unpaired) electrons. The molecule has 0 spiro atoms. The first-order valence-electron chi connectivity index (χ1n) is 10.1. The monoisotopic (exact) mass is 499 g/mol. The van der Waals surface area contributed by atoms with E-state index in [9.17, 15) is 18.0 Å². The number of halogens is 2. The average molecular weight is 500 g/mol. The summed E-state index contributed by atoms with van der Waals surface area (Å²) in [4.78, 5) is 27.5. The summed E-state index contributed by atoms with van der Waals surface area (Å²) in [5.41, 5.74) is 0.955. The minimum absolute atomic E-state index is 0.0247. The molecule has 0 aliphatic rings. The summed E-state index contributed by atoms with van der Waals surface area (Å²) in [5, 5.41) is 3.53. The van der Waals surface area contributed by atoms with Gasteiger partial charge < -0.3 is 10.2 Å². The standard InChI is InChI=1S/C22H27Cl2N3O4S/c1-4-20(22(29)25-5-2)26(14-16-11-12-17(23)13-19(16)24)21(28)15-27(32(3,30)31)18-9-7-6-8-10-18/h6-13,20H,4-5,14-15H2,1-3H3,(H,25,29). The first-order chi connectivity index (χ1) is 15.1. The molecular formula is C22H27Cl2N3O4S. The zero-order valence-electron chi connectivity index (χ0n) is 18.2. The molecule has 0 fully saturated rings. The van der Waals surface area contributed by atoms with E-state index < -0.39 is 28.5 Å². The number of para-hydroxylation sites is 1. The lowest BCUT2D eigenvalue weighted by Gasteiger charge is -2.33. The van der Waals surface area contributed by atoms with E-state index in [-0.39, 0.29) is 12.5 Å². The molecular weight excluding hydrogens is 473 g/mol. The zero-order valence-corrected chi connectivity index (χ0v) is 20.5. The number of benzene rings is 2. The molecule has 0 saturated heterocycles. The maximum absolute atomic E-state index is 13.4. The Balaban J connectivity index is 2.44. The van der Waals surface area contributed by atoms with Gasteiger partial charge in [-0.25, -0.2) is 8.42 Å². The largest absolute Gasteiger partial charge is 0.355 e. The van der Waals surface area contributed by atoms with Crippen molar-refractivity contribution in [3.05, 3.63) is 64.1 Å². The molecule has 2 aromatic carbocycles. The average Bonchev–Trinajstić information content (AvgIpc) is 2.73. The molecule has 32 heavy (non-hydrogen) atoms. The van der Waals surface area contributed by atoms with Gasteiger partial charge in [0.05, 0.1) is 11.9 Å². The fourth-order valence-corrected chi connectivity index (χ4v) is 4.57. The third-order valence-corrected chi connectivity index (χ3v) is 6.54. The van der Waals surface area contributed by atoms with Gasteiger partial charge in [-0.2, -0.15) is 0 Å². The van der Waals surface area contributed by atoms with Gasteiger partial charge in [-0.3, -0.25) is 13.9 Å². The Hall–Kier alpha value is -2.29. The number of nitrogens with one attached hydrogen (secondary N) is 1. The number of hydrogen-bond acceptors (Lipinski definition) is 4. The number of sulfonamides is 1. The van der Waals surface area contributed by atoms with Crippen molar-refractivity contribution in [2.75, 3.05) is 23.7 Å². The SMILES string of the molecule is CCNC(=O)C(CC)N(Cc1ccc(Cl)cc1Cl)C(=O)CN(c1ccccc1)S(C)(=O)=O. The van der Waals surface area contributed by atoms with Crippen molar-refractivity contribution in [1.29, 1.82) is 0 Å². The molecule has 2 rings (SSSR count). The first-order valence-corrected chi connectivity index (χ1v) is 12.7. The van der Waals surface area contributed by atoms with Gasteiger partial charge in [0.1, 0.15) is 12.6 Å². The Morgan fingerprint density at radius 2 is 1.72 bits per heavy atom. The van der Waals surface area contributed by atoms with E-state index in [0.29, 0.717) is 34.3 Å². The molecule has 0 heterocycles. The van der Waals surface area contributed by atoms with E-state index in [1.165, 1.54) is 4.90 Å². The number of carbonyl (C=O) groups is 2. The Morgan fingerprint density at radius 3 is 2.25 bits per heavy atom. The highest BCUT2D eigenvalue weighted by Gasteiger charge is 2.31. The van der Waals surface area contributed by atoms with Crippen molar-refractivity contribution >= 4 is 50.7 Å². The fraction of sp³-hybridized carbons (Fsp3) is 0.364. The topological polar surface area (TPSA) is 86.8 Å². The van der Waals surface area contributed by atoms with Crippen LogP contribution in [-0.2, 0) is 26.2 Å². The molecule has 1 unspecified atom stereocenters. The van der Waals surface area contributed by atoms with Crippen LogP contribution in [-0.4, -0.2) is 50.5 Å². The molecule has 174 valence electrons. The van der Waals surface area contributed by atoms with Crippen LogP contribution in [0, 0.1) is 0 Å². The summed E-state index contributed by atoms with van der Waals surface area (Å²) in [6.07, 6.45) is 1.38. The summed E-state index contributed by atoms with van der Waals surface area (Å²) in [6.45, 7) is 3.54. The summed E-state index contributed by atoms with van der Waals surface area (Å²) < 4.78 is 25.9. The molecule has 2 amide bonds. The van der Waals surface area contributed by atoms with E-state index in [1.54, 1.807) is 62.4 Å². The Labute approximate surface area is 199 Å². The summed E-state index contributed by atoms with van der Waals surface area (Å²) >= 11 is 12.3. The lowest BCUT2D eigenvalue weighted by atomic mass is 10.1. The second-order valence-electron chi connectivity index (χ2n) is 7.18. The van der Waals surface area contributed by atoms with Gasteiger partial charge in [0.25, 0.3) is 0 Å². The van der Waals surface area contributed by atoms with Gasteiger partial charge in [-0.1, -0.05) is 54.4 Å². The van der Waals surface area contributed by atoms with Gasteiger partial charge in [0, 0.05) is 23.1 Å². The van der Waals surface area contributed by atoms with Gasteiger partial charge in [-0.15, -0.1) is 0 Å². The molecule has 0 aliphatic heterocycles. The summed E-state index contributed by atoms with van der Waals surface area (Å²) in [5.74, 6) is -0.845. The molecule has 1 atom stereocenters. The van der Waals surface area contributed by atoms with Crippen LogP contribution in [0.5, 0.6) is 0 Å². The van der Waals surface area contributed by atoms with E-state index in [2.05, 4.69) is 5.32 Å². The quantitative estimate of drug-likeness (QED) is 0.539. The Bertz CT molecular complexity index is 1050. The molecule has 0 bridgehead atoms. The second kappa shape index (κ2) is 11.5. The van der Waals surface area contributed by atoms with Crippen molar-refractivity contribution in [2.45, 2.75) is 32.9 Å². The molecule has 2 aromatic rings. The first kappa shape index (κ1) is 26.0. The summed E-state index contributed by atoms with van der Waals surface area (Å²) in [7, 11) is -3.75. The second-order valence-corrected chi connectivity index (χ2v) is 9.93. The number of carbonyl (C=O) groups excluding carboxylic acids is 2. The number of hydrogen-bond donors (Lipinski definition) is 1. The highest BCUT2D eigenvalue weighted by molar-refractivity contribution is 7.92. The molecule has 0 saturated carbocycles. The third kappa shape index (κ3) is 6.85. The van der Waals surface area contributed by atoms with E-state index in [4.69, 9.17) is 23.2 Å². The van der Waals surface area contributed by atoms with Crippen molar-refractivity contribution in [3.8, 4) is 0 Å². The molecule has 1 N–H and O–H groups in total. The third-order valence-electron chi connectivity index (χ3n) is 4.82. The zero-order chi connectivity index (χ0) is 23.9. The number of likely N-dealkylation sites (N-methyl/N-ethyl adjacent to an activating group) is 1. The highest BCUT2D eigenvalue weighted by Crippen LogP contribution is 2.24. The van der Waals surface area contributed by atoms with E-state index in [0.717, 1.165) is 10.6 Å². The van der Waals surface area contributed by atoms with E-state index in [1.807, 2.05) is 0 Å². The van der Waals surface area contributed by atoms with Crippen LogP contribution in [0.1, 0.15) is 25.8 Å². The van der Waals surface area contributed by atoms with Crippen LogP contribution in [0.3, 0.4) is 0 Å². The Kier molecular flexibility index (Phi) is 9.36. The van der Waals surface area contributed by atoms with Crippen LogP contribution in [0.25, 0.3) is 0 Å². The fourth-order valence-electron chi connectivity index (χ4n) is 3.25. The van der Waals surface area contributed by atoms with Gasteiger partial charge in [0.15, 0.2) is 0 Å². The van der Waals surface area contributed by atoms with Crippen molar-refractivity contribution in [1.82, 2.24) is 10.2 Å². The predicted octanol–water partition coefficient (Wildman–Crippen LogP) is 3.70. The normalized spacial score (nSPS) is 12.2. The Morgan fingerprint density at radius 1 is 1.06 bits per heavy atom. The van der Waals surface area contributed by atoms with E-state index >= 15 is 0 Å². The lowest BCUT2D eigenvalue weighted by molar-refractivity contribution is -0.140. The van der Waals surface area contributed by atoms with Crippen LogP contribution in [0.4, 0.5) is 5.69 Å².